The molecule has 4 rings (SSSR count). The van der Waals surface area contributed by atoms with Crippen LogP contribution in [0.2, 0.25) is 0 Å². The number of nitrogens with one attached hydrogen (secondary N) is 3. The van der Waals surface area contributed by atoms with Gasteiger partial charge in [-0.2, -0.15) is 5.10 Å². The number of hydrogen-bond acceptors (Lipinski definition) is 4. The van der Waals surface area contributed by atoms with Crippen molar-refractivity contribution in [3.8, 4) is 0 Å². The molecule has 1 saturated heterocycles. The first-order valence-corrected chi connectivity index (χ1v) is 9.99. The Morgan fingerprint density at radius 2 is 1.90 bits per heavy atom. The Kier molecular flexibility index (Phi) is 6.59. The van der Waals surface area contributed by atoms with Gasteiger partial charge < -0.3 is 15.5 Å². The molecule has 8 heteroatoms. The van der Waals surface area contributed by atoms with E-state index in [4.69, 9.17) is 0 Å². The highest BCUT2D eigenvalue weighted by atomic mass is 35.5. The number of carbonyl (C=O) groups excluding carboxylic acids is 2. The molecule has 0 radical (unpaired) electrons. The summed E-state index contributed by atoms with van der Waals surface area (Å²) in [6.45, 7) is 7.36. The summed E-state index contributed by atoms with van der Waals surface area (Å²) in [5.74, 6) is 0.650. The van der Waals surface area contributed by atoms with Crippen molar-refractivity contribution in [1.29, 1.82) is 0 Å². The van der Waals surface area contributed by atoms with Crippen molar-refractivity contribution in [3.05, 3.63) is 46.8 Å². The number of likely N-dealkylation sites (tertiary alicyclic amines) is 1. The Hall–Kier alpha value is -2.38. The van der Waals surface area contributed by atoms with Gasteiger partial charge in [0.05, 0.1) is 11.3 Å². The lowest BCUT2D eigenvalue weighted by molar-refractivity contribution is 0.0624. The van der Waals surface area contributed by atoms with E-state index in [0.29, 0.717) is 35.3 Å². The van der Waals surface area contributed by atoms with E-state index < -0.39 is 0 Å². The Balaban J connectivity index is 0.00000240. The number of rotatable bonds is 3. The summed E-state index contributed by atoms with van der Waals surface area (Å²) in [6.07, 6.45) is 1.97. The summed E-state index contributed by atoms with van der Waals surface area (Å²) < 4.78 is 0. The maximum Gasteiger partial charge on any atom is 0.276 e. The molecule has 0 bridgehead atoms. The Labute approximate surface area is 177 Å². The lowest BCUT2D eigenvalue weighted by Crippen LogP contribution is -2.42. The number of amides is 2. The van der Waals surface area contributed by atoms with Crippen LogP contribution in [0.3, 0.4) is 0 Å². The molecule has 3 heterocycles. The minimum Gasteiger partial charge on any atom is -0.338 e. The molecule has 3 N–H and O–H groups in total. The number of H-pyrrole nitrogens is 1. The number of nitrogens with zero attached hydrogens (tertiary/aromatic N) is 2. The summed E-state index contributed by atoms with van der Waals surface area (Å²) >= 11 is 0. The molecule has 1 fully saturated rings. The first kappa shape index (κ1) is 21.3. The van der Waals surface area contributed by atoms with Crippen LogP contribution in [0, 0.1) is 11.8 Å². The summed E-state index contributed by atoms with van der Waals surface area (Å²) in [6, 6.07) is 7.22. The predicted octanol–water partition coefficient (Wildman–Crippen LogP) is 2.85. The lowest BCUT2D eigenvalue weighted by Gasteiger charge is -2.35. The number of carbonyl (C=O) groups is 2. The van der Waals surface area contributed by atoms with Gasteiger partial charge in [0.2, 0.25) is 0 Å². The van der Waals surface area contributed by atoms with Crippen molar-refractivity contribution in [1.82, 2.24) is 20.4 Å². The van der Waals surface area contributed by atoms with Gasteiger partial charge in [-0.3, -0.25) is 14.7 Å². The van der Waals surface area contributed by atoms with Crippen molar-refractivity contribution < 1.29 is 9.59 Å². The molecule has 156 valence electrons. The smallest absolute Gasteiger partial charge is 0.276 e. The number of piperidine rings is 1. The molecule has 2 aliphatic heterocycles. The normalized spacial score (nSPS) is 21.1. The van der Waals surface area contributed by atoms with E-state index in [2.05, 4.69) is 34.7 Å². The summed E-state index contributed by atoms with van der Waals surface area (Å²) in [4.78, 5) is 27.9. The quantitative estimate of drug-likeness (QED) is 0.716. The molecule has 2 amide bonds. The van der Waals surface area contributed by atoms with Gasteiger partial charge in [-0.25, -0.2) is 0 Å². The van der Waals surface area contributed by atoms with Crippen molar-refractivity contribution in [2.45, 2.75) is 33.2 Å². The van der Waals surface area contributed by atoms with E-state index in [-0.39, 0.29) is 24.2 Å². The first-order chi connectivity index (χ1) is 13.5. The molecule has 0 saturated carbocycles. The molecule has 1 aromatic carbocycles. The Morgan fingerprint density at radius 1 is 1.17 bits per heavy atom. The number of fused-ring (bicyclic) bond motifs is 1. The maximum absolute atomic E-state index is 13.2. The second-order valence-electron chi connectivity index (χ2n) is 8.11. The van der Waals surface area contributed by atoms with Gasteiger partial charge in [0, 0.05) is 43.9 Å². The van der Waals surface area contributed by atoms with E-state index in [1.807, 2.05) is 17.0 Å². The van der Waals surface area contributed by atoms with Crippen LogP contribution in [0.15, 0.2) is 24.3 Å². The van der Waals surface area contributed by atoms with E-state index in [1.165, 1.54) is 0 Å². The molecule has 2 aliphatic rings. The Bertz CT molecular complexity index is 887. The fourth-order valence-corrected chi connectivity index (χ4v) is 4.37. The van der Waals surface area contributed by atoms with Crippen LogP contribution >= 0.6 is 12.4 Å². The molecule has 1 aromatic heterocycles. The van der Waals surface area contributed by atoms with Crippen molar-refractivity contribution in [2.24, 2.45) is 11.8 Å². The van der Waals surface area contributed by atoms with Gasteiger partial charge in [0.15, 0.2) is 5.69 Å². The maximum atomic E-state index is 13.2. The van der Waals surface area contributed by atoms with Crippen LogP contribution in [0.5, 0.6) is 0 Å². The molecule has 0 aliphatic carbocycles. The molecular weight excluding hydrogens is 390 g/mol. The average Bonchev–Trinajstić information content (AvgIpc) is 3.11. The fraction of sp³-hybridized carbons (Fsp3) is 0.476. The number of para-hydroxylation sites is 1. The van der Waals surface area contributed by atoms with Gasteiger partial charge in [-0.1, -0.05) is 26.0 Å². The molecule has 2 aromatic rings. The highest BCUT2D eigenvalue weighted by Crippen LogP contribution is 2.25. The predicted molar refractivity (Wildman–Crippen MR) is 114 cm³/mol. The number of anilines is 1. The van der Waals surface area contributed by atoms with E-state index >= 15 is 0 Å². The van der Waals surface area contributed by atoms with Gasteiger partial charge in [-0.15, -0.1) is 12.4 Å². The molecular formula is C21H28ClN5O2. The Morgan fingerprint density at radius 3 is 2.66 bits per heavy atom. The average molecular weight is 418 g/mol. The standard InChI is InChI=1S/C21H27N5O2.ClH/c1-13-9-14(2)12-26(11-13)21(28)15-5-3-4-6-17(15)23-20(27)19-16-10-22-8-7-18(16)24-25-19;/h3-6,13-14,22H,7-12H2,1-2H3,(H,23,27)(H,24,25);1H. The van der Waals surface area contributed by atoms with Crippen LogP contribution in [-0.2, 0) is 13.0 Å². The van der Waals surface area contributed by atoms with E-state index in [9.17, 15) is 9.59 Å². The molecule has 29 heavy (non-hydrogen) atoms. The fourth-order valence-electron chi connectivity index (χ4n) is 4.37. The van der Waals surface area contributed by atoms with Crippen molar-refractivity contribution in [2.75, 3.05) is 25.0 Å². The van der Waals surface area contributed by atoms with Gasteiger partial charge in [0.1, 0.15) is 0 Å². The summed E-state index contributed by atoms with van der Waals surface area (Å²) in [7, 11) is 0. The van der Waals surface area contributed by atoms with Gasteiger partial charge in [-0.05, 0) is 30.4 Å². The zero-order valence-electron chi connectivity index (χ0n) is 16.8. The van der Waals surface area contributed by atoms with E-state index in [1.54, 1.807) is 12.1 Å². The monoisotopic (exact) mass is 417 g/mol. The third-order valence-corrected chi connectivity index (χ3v) is 5.58. The largest absolute Gasteiger partial charge is 0.338 e. The number of hydrogen-bond donors (Lipinski definition) is 3. The van der Waals surface area contributed by atoms with Crippen LogP contribution in [0.25, 0.3) is 0 Å². The number of aromatic nitrogens is 2. The number of aromatic amines is 1. The number of benzene rings is 1. The highest BCUT2D eigenvalue weighted by molar-refractivity contribution is 6.08. The zero-order chi connectivity index (χ0) is 19.7. The summed E-state index contributed by atoms with van der Waals surface area (Å²) in [5, 5.41) is 13.3. The van der Waals surface area contributed by atoms with Crippen LogP contribution in [0.4, 0.5) is 5.69 Å². The molecule has 0 spiro atoms. The first-order valence-electron chi connectivity index (χ1n) is 9.99. The van der Waals surface area contributed by atoms with Crippen LogP contribution in [0.1, 0.15) is 52.4 Å². The van der Waals surface area contributed by atoms with Gasteiger partial charge in [0.25, 0.3) is 11.8 Å². The lowest BCUT2D eigenvalue weighted by atomic mass is 9.91. The highest BCUT2D eigenvalue weighted by Gasteiger charge is 2.28. The zero-order valence-corrected chi connectivity index (χ0v) is 17.6. The minimum atomic E-state index is -0.290. The second kappa shape index (κ2) is 8.97. The van der Waals surface area contributed by atoms with Crippen LogP contribution < -0.4 is 10.6 Å². The van der Waals surface area contributed by atoms with Crippen LogP contribution in [-0.4, -0.2) is 46.5 Å². The number of halogens is 1. The SMILES string of the molecule is CC1CC(C)CN(C(=O)c2ccccc2NC(=O)c2n[nH]c3c2CNCC3)C1.Cl. The van der Waals surface area contributed by atoms with Crippen molar-refractivity contribution in [3.63, 3.8) is 0 Å². The molecule has 2 unspecified atom stereocenters. The van der Waals surface area contributed by atoms with Crippen molar-refractivity contribution >= 4 is 29.9 Å². The third-order valence-electron chi connectivity index (χ3n) is 5.58. The second-order valence-corrected chi connectivity index (χ2v) is 8.11. The third kappa shape index (κ3) is 4.46. The minimum absolute atomic E-state index is 0. The molecule has 7 nitrogen and oxygen atoms in total. The molecule has 2 atom stereocenters. The summed E-state index contributed by atoms with van der Waals surface area (Å²) in [5.41, 5.74) is 3.36. The van der Waals surface area contributed by atoms with Gasteiger partial charge >= 0.3 is 0 Å². The van der Waals surface area contributed by atoms with E-state index in [0.717, 1.165) is 43.7 Å². The topological polar surface area (TPSA) is 90.1 Å².